The first kappa shape index (κ1) is 20.0. The van der Waals surface area contributed by atoms with E-state index >= 15 is 0 Å². The lowest BCUT2D eigenvalue weighted by atomic mass is 10.1. The van der Waals surface area contributed by atoms with Gasteiger partial charge in [-0.15, -0.1) is 11.3 Å². The highest BCUT2D eigenvalue weighted by molar-refractivity contribution is 7.18. The number of aliphatic carboxylic acids is 1. The normalized spacial score (nSPS) is 10.8. The quantitative estimate of drug-likeness (QED) is 0.566. The highest BCUT2D eigenvalue weighted by Crippen LogP contribution is 2.29. The van der Waals surface area contributed by atoms with Crippen LogP contribution in [0.15, 0.2) is 30.3 Å². The fraction of sp³-hybridized carbons (Fsp3) is 0.263. The second-order valence-electron chi connectivity index (χ2n) is 6.34. The molecule has 9 heteroatoms. The van der Waals surface area contributed by atoms with Crippen LogP contribution in [0.2, 0.25) is 5.28 Å². The number of hydrogen-bond donors (Lipinski definition) is 2. The fourth-order valence-corrected chi connectivity index (χ4v) is 3.79. The van der Waals surface area contributed by atoms with Gasteiger partial charge in [-0.2, -0.15) is 0 Å². The summed E-state index contributed by atoms with van der Waals surface area (Å²) in [5.41, 5.74) is 1.48. The van der Waals surface area contributed by atoms with Crippen LogP contribution in [0.1, 0.15) is 27.2 Å². The molecule has 0 spiro atoms. The van der Waals surface area contributed by atoms with Gasteiger partial charge in [0.15, 0.2) is 0 Å². The van der Waals surface area contributed by atoms with E-state index in [1.54, 1.807) is 30.5 Å². The van der Waals surface area contributed by atoms with Crippen LogP contribution in [0, 0.1) is 6.92 Å². The summed E-state index contributed by atoms with van der Waals surface area (Å²) >= 11 is 7.57. The minimum absolute atomic E-state index is 0.0811. The van der Waals surface area contributed by atoms with Crippen LogP contribution in [-0.4, -0.2) is 45.4 Å². The Hall–Kier alpha value is -2.71. The van der Waals surface area contributed by atoms with Crippen LogP contribution in [0.4, 0.5) is 5.82 Å². The molecule has 0 fully saturated rings. The third-order valence-electron chi connectivity index (χ3n) is 4.16. The highest BCUT2D eigenvalue weighted by atomic mass is 35.5. The average molecular weight is 419 g/mol. The number of nitrogens with zero attached hydrogens (tertiary/aromatic N) is 3. The number of carboxylic acids is 1. The summed E-state index contributed by atoms with van der Waals surface area (Å²) in [5.74, 6) is -0.465. The second kappa shape index (κ2) is 8.53. The van der Waals surface area contributed by atoms with Gasteiger partial charge in [-0.05, 0) is 42.3 Å². The Morgan fingerprint density at radius 1 is 1.25 bits per heavy atom. The van der Waals surface area contributed by atoms with Crippen molar-refractivity contribution in [2.45, 2.75) is 19.9 Å². The van der Waals surface area contributed by atoms with Gasteiger partial charge in [-0.3, -0.25) is 9.59 Å². The molecule has 1 aromatic carbocycles. The summed E-state index contributed by atoms with van der Waals surface area (Å²) in [6.45, 7) is 2.69. The van der Waals surface area contributed by atoms with Gasteiger partial charge < -0.3 is 15.3 Å². The van der Waals surface area contributed by atoms with Crippen molar-refractivity contribution in [1.29, 1.82) is 0 Å². The van der Waals surface area contributed by atoms with Crippen LogP contribution < -0.4 is 5.32 Å². The number of halogens is 1. The lowest BCUT2D eigenvalue weighted by Gasteiger charge is -2.16. The molecule has 3 rings (SSSR count). The third kappa shape index (κ3) is 4.76. The number of rotatable bonds is 7. The van der Waals surface area contributed by atoms with E-state index in [0.29, 0.717) is 17.9 Å². The second-order valence-corrected chi connectivity index (χ2v) is 7.91. The monoisotopic (exact) mass is 418 g/mol. The molecule has 1 amide bonds. The highest BCUT2D eigenvalue weighted by Gasteiger charge is 2.13. The number of thiophene rings is 1. The molecular weight excluding hydrogens is 400 g/mol. The van der Waals surface area contributed by atoms with Gasteiger partial charge in [0.1, 0.15) is 10.6 Å². The Balaban J connectivity index is 1.67. The summed E-state index contributed by atoms with van der Waals surface area (Å²) in [5, 5.41) is 13.1. The van der Waals surface area contributed by atoms with Gasteiger partial charge in [-0.1, -0.05) is 12.1 Å². The molecule has 0 aliphatic carbocycles. The van der Waals surface area contributed by atoms with E-state index in [1.165, 1.54) is 4.90 Å². The van der Waals surface area contributed by atoms with E-state index in [9.17, 15) is 9.59 Å². The number of anilines is 1. The van der Waals surface area contributed by atoms with E-state index in [0.717, 1.165) is 20.7 Å². The molecule has 0 unspecified atom stereocenters. The molecule has 0 saturated heterocycles. The SMILES string of the molecule is Cc1cc2c(NCc3ccc(C(=O)N(C)CCC(=O)O)cc3)nc(Cl)nc2s1. The molecule has 0 aliphatic heterocycles. The summed E-state index contributed by atoms with van der Waals surface area (Å²) in [7, 11) is 1.59. The standard InChI is InChI=1S/C19H19ClN4O3S/c1-11-9-14-16(22-19(20)23-17(14)28-11)21-10-12-3-5-13(6-4-12)18(27)24(2)8-7-15(25)26/h3-6,9H,7-8,10H2,1-2H3,(H,25,26)(H,21,22,23). The maximum atomic E-state index is 12.3. The molecule has 0 bridgehead atoms. The number of carboxylic acid groups (broad SMARTS) is 1. The van der Waals surface area contributed by atoms with E-state index in [2.05, 4.69) is 15.3 Å². The third-order valence-corrected chi connectivity index (χ3v) is 5.27. The maximum Gasteiger partial charge on any atom is 0.305 e. The van der Waals surface area contributed by atoms with Gasteiger partial charge in [-0.25, -0.2) is 9.97 Å². The van der Waals surface area contributed by atoms with Crippen LogP contribution in [0.5, 0.6) is 0 Å². The first-order valence-electron chi connectivity index (χ1n) is 8.57. The number of nitrogens with one attached hydrogen (secondary N) is 1. The number of carbonyl (C=O) groups is 2. The Labute approximate surface area is 171 Å². The number of benzene rings is 1. The van der Waals surface area contributed by atoms with E-state index < -0.39 is 5.97 Å². The maximum absolute atomic E-state index is 12.3. The number of amides is 1. The fourth-order valence-electron chi connectivity index (χ4n) is 2.69. The summed E-state index contributed by atoms with van der Waals surface area (Å²) < 4.78 is 0. The lowest BCUT2D eigenvalue weighted by molar-refractivity contribution is -0.137. The zero-order valence-corrected chi connectivity index (χ0v) is 17.0. The van der Waals surface area contributed by atoms with Crippen molar-refractivity contribution in [3.63, 3.8) is 0 Å². The van der Waals surface area contributed by atoms with Crippen LogP contribution in [-0.2, 0) is 11.3 Å². The van der Waals surface area contributed by atoms with Crippen molar-refractivity contribution >= 4 is 50.8 Å². The van der Waals surface area contributed by atoms with Gasteiger partial charge in [0.25, 0.3) is 5.91 Å². The Morgan fingerprint density at radius 3 is 2.64 bits per heavy atom. The first-order valence-corrected chi connectivity index (χ1v) is 9.76. The molecule has 7 nitrogen and oxygen atoms in total. The van der Waals surface area contributed by atoms with Gasteiger partial charge >= 0.3 is 5.97 Å². The van der Waals surface area contributed by atoms with Crippen molar-refractivity contribution in [3.05, 3.63) is 51.6 Å². The van der Waals surface area contributed by atoms with Crippen molar-refractivity contribution < 1.29 is 14.7 Å². The van der Waals surface area contributed by atoms with Crippen LogP contribution >= 0.6 is 22.9 Å². The average Bonchev–Trinajstić information content (AvgIpc) is 3.04. The Bertz CT molecular complexity index is 1020. The molecule has 0 radical (unpaired) electrons. The number of aryl methyl sites for hydroxylation is 1. The van der Waals surface area contributed by atoms with E-state index in [1.807, 2.05) is 25.1 Å². The Morgan fingerprint density at radius 2 is 1.96 bits per heavy atom. The summed E-state index contributed by atoms with van der Waals surface area (Å²) in [6.07, 6.45) is -0.0811. The summed E-state index contributed by atoms with van der Waals surface area (Å²) in [6, 6.07) is 9.18. The predicted octanol–water partition coefficient (Wildman–Crippen LogP) is 3.81. The van der Waals surface area contributed by atoms with Crippen molar-refractivity contribution in [3.8, 4) is 0 Å². The number of aromatic nitrogens is 2. The van der Waals surface area contributed by atoms with Gasteiger partial charge in [0.2, 0.25) is 5.28 Å². The van der Waals surface area contributed by atoms with Crippen molar-refractivity contribution in [2.24, 2.45) is 0 Å². The lowest BCUT2D eigenvalue weighted by Crippen LogP contribution is -2.29. The minimum atomic E-state index is -0.930. The summed E-state index contributed by atoms with van der Waals surface area (Å²) in [4.78, 5) is 34.8. The molecule has 0 saturated carbocycles. The molecule has 0 aliphatic rings. The molecule has 2 heterocycles. The van der Waals surface area contributed by atoms with Gasteiger partial charge in [0, 0.05) is 30.6 Å². The van der Waals surface area contributed by atoms with E-state index in [-0.39, 0.29) is 24.2 Å². The molecule has 146 valence electrons. The Kier molecular flexibility index (Phi) is 6.11. The zero-order chi connectivity index (χ0) is 20.3. The largest absolute Gasteiger partial charge is 0.481 e. The minimum Gasteiger partial charge on any atom is -0.481 e. The topological polar surface area (TPSA) is 95.4 Å². The number of fused-ring (bicyclic) bond motifs is 1. The van der Waals surface area contributed by atoms with Crippen molar-refractivity contribution in [1.82, 2.24) is 14.9 Å². The molecule has 28 heavy (non-hydrogen) atoms. The first-order chi connectivity index (χ1) is 13.3. The van der Waals surface area contributed by atoms with Crippen LogP contribution in [0.3, 0.4) is 0 Å². The molecule has 2 N–H and O–H groups in total. The predicted molar refractivity (Wildman–Crippen MR) is 110 cm³/mol. The molecule has 0 atom stereocenters. The number of hydrogen-bond acceptors (Lipinski definition) is 6. The molecule has 2 aromatic heterocycles. The molecular formula is C19H19ClN4O3S. The van der Waals surface area contributed by atoms with Gasteiger partial charge in [0.05, 0.1) is 11.8 Å². The van der Waals surface area contributed by atoms with Crippen LogP contribution in [0.25, 0.3) is 10.2 Å². The smallest absolute Gasteiger partial charge is 0.305 e. The number of carbonyl (C=O) groups excluding carboxylic acids is 1. The van der Waals surface area contributed by atoms with E-state index in [4.69, 9.17) is 16.7 Å². The zero-order valence-electron chi connectivity index (χ0n) is 15.4. The van der Waals surface area contributed by atoms with Crippen molar-refractivity contribution in [2.75, 3.05) is 18.9 Å². The molecule has 3 aromatic rings.